The van der Waals surface area contributed by atoms with Gasteiger partial charge in [-0.3, -0.25) is 9.59 Å². The number of nitrogens with zero attached hydrogens (tertiary/aromatic N) is 2. The van der Waals surface area contributed by atoms with E-state index in [2.05, 4.69) is 14.9 Å². The molecule has 1 unspecified atom stereocenters. The molecule has 1 aliphatic heterocycles. The number of nitrogens with two attached hydrogens (primary N) is 1. The third-order valence-electron chi connectivity index (χ3n) is 3.27. The molecule has 21 heavy (non-hydrogen) atoms. The van der Waals surface area contributed by atoms with Crippen molar-refractivity contribution >= 4 is 11.8 Å². The van der Waals surface area contributed by atoms with E-state index in [1.54, 1.807) is 6.92 Å². The summed E-state index contributed by atoms with van der Waals surface area (Å²) >= 11 is 0. The van der Waals surface area contributed by atoms with Crippen LogP contribution in [0.1, 0.15) is 24.4 Å². The molecule has 0 radical (unpaired) electrons. The number of carbonyl (C=O) groups is 1. The Kier molecular flexibility index (Phi) is 4.92. The van der Waals surface area contributed by atoms with Crippen LogP contribution in [0.25, 0.3) is 0 Å². The first-order valence-corrected chi connectivity index (χ1v) is 6.85. The van der Waals surface area contributed by atoms with Crippen molar-refractivity contribution in [2.75, 3.05) is 39.1 Å². The van der Waals surface area contributed by atoms with Crippen molar-refractivity contribution in [1.29, 1.82) is 0 Å². The molecule has 116 valence electrons. The Labute approximate surface area is 122 Å². The summed E-state index contributed by atoms with van der Waals surface area (Å²) in [5.41, 5.74) is 5.50. The van der Waals surface area contributed by atoms with Gasteiger partial charge in [0.1, 0.15) is 17.7 Å². The minimum atomic E-state index is -0.502. The minimum absolute atomic E-state index is 0.0404. The highest BCUT2D eigenvalue weighted by molar-refractivity contribution is 5.74. The van der Waals surface area contributed by atoms with Gasteiger partial charge in [0.05, 0.1) is 25.2 Å². The van der Waals surface area contributed by atoms with Gasteiger partial charge >= 0.3 is 5.97 Å². The van der Waals surface area contributed by atoms with E-state index >= 15 is 0 Å². The molecule has 1 aromatic heterocycles. The van der Waals surface area contributed by atoms with E-state index in [1.165, 1.54) is 0 Å². The average Bonchev–Trinajstić information content (AvgIpc) is 2.43. The Morgan fingerprint density at radius 3 is 3.00 bits per heavy atom. The van der Waals surface area contributed by atoms with Crippen molar-refractivity contribution in [3.8, 4) is 0 Å². The predicted molar refractivity (Wildman–Crippen MR) is 75.8 cm³/mol. The molecule has 0 amide bonds. The molecule has 1 aromatic rings. The number of aromatic nitrogens is 2. The maximum Gasteiger partial charge on any atom is 0.310 e. The van der Waals surface area contributed by atoms with E-state index in [-0.39, 0.29) is 30.5 Å². The molecule has 1 saturated heterocycles. The Hall–Kier alpha value is -1.93. The normalized spacial score (nSPS) is 19.4. The van der Waals surface area contributed by atoms with Gasteiger partial charge < -0.3 is 25.1 Å². The van der Waals surface area contributed by atoms with Gasteiger partial charge in [0.15, 0.2) is 0 Å². The summed E-state index contributed by atoms with van der Waals surface area (Å²) in [5, 5.41) is 0. The van der Waals surface area contributed by atoms with Crippen LogP contribution in [0.3, 0.4) is 0 Å². The quantitative estimate of drug-likeness (QED) is 0.718. The predicted octanol–water partition coefficient (Wildman–Crippen LogP) is -0.539. The second kappa shape index (κ2) is 6.68. The van der Waals surface area contributed by atoms with Crippen LogP contribution in [0, 0.1) is 0 Å². The van der Waals surface area contributed by atoms with Crippen molar-refractivity contribution < 1.29 is 14.3 Å². The van der Waals surface area contributed by atoms with Gasteiger partial charge in [0.25, 0.3) is 5.56 Å². The number of rotatable bonds is 4. The molecule has 3 N–H and O–H groups in total. The molecule has 0 bridgehead atoms. The lowest BCUT2D eigenvalue weighted by Gasteiger charge is -2.29. The number of nitrogen functional groups attached to an aromatic ring is 1. The van der Waals surface area contributed by atoms with Gasteiger partial charge in [0, 0.05) is 13.1 Å². The molecule has 2 rings (SSSR count). The van der Waals surface area contributed by atoms with E-state index in [4.69, 9.17) is 15.2 Å². The zero-order valence-electron chi connectivity index (χ0n) is 12.2. The first-order valence-electron chi connectivity index (χ1n) is 6.85. The number of hydrogen-bond donors (Lipinski definition) is 2. The third-order valence-corrected chi connectivity index (χ3v) is 3.27. The molecule has 1 aliphatic rings. The molecule has 1 atom stereocenters. The van der Waals surface area contributed by atoms with Gasteiger partial charge in [-0.15, -0.1) is 0 Å². The molecule has 2 heterocycles. The van der Waals surface area contributed by atoms with Crippen molar-refractivity contribution in [1.82, 2.24) is 14.9 Å². The van der Waals surface area contributed by atoms with Gasteiger partial charge in [-0.1, -0.05) is 0 Å². The van der Waals surface area contributed by atoms with E-state index in [0.717, 1.165) is 6.54 Å². The highest BCUT2D eigenvalue weighted by Crippen LogP contribution is 2.18. The van der Waals surface area contributed by atoms with E-state index in [9.17, 15) is 9.59 Å². The summed E-state index contributed by atoms with van der Waals surface area (Å²) < 4.78 is 10.4. The Morgan fingerprint density at radius 2 is 2.38 bits per heavy atom. The first kappa shape index (κ1) is 15.5. The number of H-pyrrole nitrogens is 1. The standard InChI is InChI=1S/C13H20N4O4/c1-3-20-10(18)6-8-11(14)15-12(16-13(8)19)9-7-17(2)4-5-21-9/h9H,3-7H2,1-2H3,(H3,14,15,16,19). The fraction of sp³-hybridized carbons (Fsp3) is 0.615. The fourth-order valence-corrected chi connectivity index (χ4v) is 2.16. The zero-order valence-corrected chi connectivity index (χ0v) is 12.2. The fourth-order valence-electron chi connectivity index (χ4n) is 2.16. The van der Waals surface area contributed by atoms with Gasteiger partial charge in [-0.05, 0) is 14.0 Å². The number of morpholine rings is 1. The van der Waals surface area contributed by atoms with Crippen molar-refractivity contribution in [2.45, 2.75) is 19.4 Å². The summed E-state index contributed by atoms with van der Waals surface area (Å²) in [6.45, 7) is 3.97. The van der Waals surface area contributed by atoms with Crippen molar-refractivity contribution in [3.63, 3.8) is 0 Å². The maximum absolute atomic E-state index is 12.1. The second-order valence-corrected chi connectivity index (χ2v) is 4.92. The summed E-state index contributed by atoms with van der Waals surface area (Å²) in [7, 11) is 1.96. The molecule has 0 aromatic carbocycles. The highest BCUT2D eigenvalue weighted by Gasteiger charge is 2.23. The van der Waals surface area contributed by atoms with Crippen LogP contribution in [0.15, 0.2) is 4.79 Å². The summed E-state index contributed by atoms with van der Waals surface area (Å²) in [6, 6.07) is 0. The summed E-state index contributed by atoms with van der Waals surface area (Å²) in [6.07, 6.45) is -0.511. The largest absolute Gasteiger partial charge is 0.466 e. The number of ether oxygens (including phenoxy) is 2. The lowest BCUT2D eigenvalue weighted by atomic mass is 10.2. The van der Waals surface area contributed by atoms with Crippen molar-refractivity contribution in [2.24, 2.45) is 0 Å². The zero-order chi connectivity index (χ0) is 15.4. The smallest absolute Gasteiger partial charge is 0.310 e. The van der Waals surface area contributed by atoms with Crippen LogP contribution in [0.2, 0.25) is 0 Å². The number of carbonyl (C=O) groups excluding carboxylic acids is 1. The topological polar surface area (TPSA) is 111 Å². The van der Waals surface area contributed by atoms with Crippen LogP contribution >= 0.6 is 0 Å². The lowest BCUT2D eigenvalue weighted by Crippen LogP contribution is -2.37. The van der Waals surface area contributed by atoms with Crippen LogP contribution < -0.4 is 11.3 Å². The van der Waals surface area contributed by atoms with Crippen LogP contribution in [0.5, 0.6) is 0 Å². The average molecular weight is 296 g/mol. The van der Waals surface area contributed by atoms with Gasteiger partial charge in [-0.25, -0.2) is 4.98 Å². The highest BCUT2D eigenvalue weighted by atomic mass is 16.5. The number of anilines is 1. The molecule has 0 saturated carbocycles. The number of nitrogens with one attached hydrogen (secondary N) is 1. The Bertz CT molecular complexity index is 572. The molecule has 0 spiro atoms. The Balaban J connectivity index is 2.20. The van der Waals surface area contributed by atoms with Crippen LogP contribution in [-0.4, -0.2) is 54.2 Å². The molecule has 8 nitrogen and oxygen atoms in total. The molecule has 0 aliphatic carbocycles. The molecule has 8 heteroatoms. The SMILES string of the molecule is CCOC(=O)Cc1c(N)nc(C2CN(C)CCO2)[nH]c1=O. The molecular weight excluding hydrogens is 276 g/mol. The van der Waals surface area contributed by atoms with E-state index < -0.39 is 11.5 Å². The lowest BCUT2D eigenvalue weighted by molar-refractivity contribution is -0.142. The minimum Gasteiger partial charge on any atom is -0.466 e. The van der Waals surface area contributed by atoms with Gasteiger partial charge in [-0.2, -0.15) is 0 Å². The third kappa shape index (κ3) is 3.79. The second-order valence-electron chi connectivity index (χ2n) is 4.92. The van der Waals surface area contributed by atoms with Crippen LogP contribution in [-0.2, 0) is 20.7 Å². The summed E-state index contributed by atoms with van der Waals surface area (Å²) in [5.74, 6) is -0.0758. The maximum atomic E-state index is 12.1. The summed E-state index contributed by atoms with van der Waals surface area (Å²) in [4.78, 5) is 32.4. The molecular formula is C13H20N4O4. The number of hydrogen-bond acceptors (Lipinski definition) is 7. The first-order chi connectivity index (χ1) is 10.0. The van der Waals surface area contributed by atoms with Crippen LogP contribution in [0.4, 0.5) is 5.82 Å². The van der Waals surface area contributed by atoms with E-state index in [0.29, 0.717) is 19.0 Å². The number of likely N-dealkylation sites (N-methyl/N-ethyl adjacent to an activating group) is 1. The number of esters is 1. The van der Waals surface area contributed by atoms with Gasteiger partial charge in [0.2, 0.25) is 0 Å². The number of aromatic amines is 1. The molecule has 1 fully saturated rings. The van der Waals surface area contributed by atoms with E-state index in [1.807, 2.05) is 7.05 Å². The van der Waals surface area contributed by atoms with Crippen molar-refractivity contribution in [3.05, 3.63) is 21.7 Å². The Morgan fingerprint density at radius 1 is 1.62 bits per heavy atom. The monoisotopic (exact) mass is 296 g/mol.